The number of ether oxygens (including phenoxy) is 2. The molecule has 0 amide bonds. The number of nitrogens with two attached hydrogens (primary N) is 1. The Morgan fingerprint density at radius 3 is 3.05 bits per heavy atom. The predicted octanol–water partition coefficient (Wildman–Crippen LogP) is -1.43. The topological polar surface area (TPSA) is 136 Å². The molecule has 0 radical (unpaired) electrons. The molecule has 5 N–H and O–H groups in total. The van der Waals surface area contributed by atoms with Crippen LogP contribution in [-0.4, -0.2) is 56.8 Å². The molecule has 0 bridgehead atoms. The van der Waals surface area contributed by atoms with Crippen molar-refractivity contribution >= 4 is 17.0 Å². The second kappa shape index (κ2) is 5.11. The molecule has 9 nitrogen and oxygen atoms in total. The number of hydrogen-bond donors (Lipinski definition) is 4. The van der Waals surface area contributed by atoms with Crippen molar-refractivity contribution in [2.75, 3.05) is 19.5 Å². The van der Waals surface area contributed by atoms with Crippen molar-refractivity contribution in [2.45, 2.75) is 24.5 Å². The van der Waals surface area contributed by atoms with E-state index in [0.29, 0.717) is 11.0 Å². The van der Waals surface area contributed by atoms with Crippen LogP contribution < -0.4 is 11.3 Å². The molecule has 0 saturated carbocycles. The van der Waals surface area contributed by atoms with Crippen LogP contribution in [0.15, 0.2) is 17.1 Å². The van der Waals surface area contributed by atoms with Gasteiger partial charge in [-0.05, 0) is 6.07 Å². The number of hydrogen-bond acceptors (Lipinski definition) is 7. The van der Waals surface area contributed by atoms with E-state index < -0.39 is 24.5 Å². The van der Waals surface area contributed by atoms with Gasteiger partial charge in [0.15, 0.2) is 11.9 Å². The molecule has 9 heteroatoms. The minimum atomic E-state index is -0.984. The van der Waals surface area contributed by atoms with Gasteiger partial charge < -0.3 is 30.0 Å². The molecule has 21 heavy (non-hydrogen) atoms. The van der Waals surface area contributed by atoms with E-state index in [1.165, 1.54) is 7.11 Å². The van der Waals surface area contributed by atoms with E-state index in [2.05, 4.69) is 9.97 Å². The average Bonchev–Trinajstić information content (AvgIpc) is 2.99. The first-order valence-electron chi connectivity index (χ1n) is 6.40. The summed E-state index contributed by atoms with van der Waals surface area (Å²) in [5, 5.41) is 19.6. The van der Waals surface area contributed by atoms with E-state index in [0.717, 1.165) is 0 Å². The van der Waals surface area contributed by atoms with E-state index >= 15 is 0 Å². The van der Waals surface area contributed by atoms with Gasteiger partial charge in [-0.25, -0.2) is 0 Å². The summed E-state index contributed by atoms with van der Waals surface area (Å²) >= 11 is 0. The number of aromatic nitrogens is 3. The molecule has 1 aliphatic heterocycles. The first-order chi connectivity index (χ1) is 10.1. The Kier molecular flexibility index (Phi) is 3.41. The van der Waals surface area contributed by atoms with Crippen LogP contribution in [0.5, 0.6) is 0 Å². The number of aliphatic hydroxyl groups is 2. The number of H-pyrrole nitrogens is 1. The van der Waals surface area contributed by atoms with E-state index in [1.807, 2.05) is 0 Å². The fourth-order valence-corrected chi connectivity index (χ4v) is 2.61. The SMILES string of the molecule is CO[C@H]1C(O)[C@@H](CO)O[C@H]1n1ccc2c(=O)[nH]c(N)nc21. The van der Waals surface area contributed by atoms with Gasteiger partial charge in [-0.3, -0.25) is 9.78 Å². The monoisotopic (exact) mass is 296 g/mol. The molecule has 0 spiro atoms. The molecule has 1 fully saturated rings. The van der Waals surface area contributed by atoms with Crippen molar-refractivity contribution in [2.24, 2.45) is 0 Å². The summed E-state index contributed by atoms with van der Waals surface area (Å²) in [5.74, 6) is -0.0151. The Labute approximate surface area is 118 Å². The molecule has 1 aliphatic rings. The van der Waals surface area contributed by atoms with Crippen molar-refractivity contribution in [3.63, 3.8) is 0 Å². The number of anilines is 1. The van der Waals surface area contributed by atoms with Crippen LogP contribution in [0.3, 0.4) is 0 Å². The van der Waals surface area contributed by atoms with Gasteiger partial charge in [0.25, 0.3) is 5.56 Å². The minimum Gasteiger partial charge on any atom is -0.394 e. The number of aliphatic hydroxyl groups excluding tert-OH is 2. The Hall–Kier alpha value is -1.94. The number of methoxy groups -OCH3 is 1. The van der Waals surface area contributed by atoms with E-state index in [-0.39, 0.29) is 18.1 Å². The second-order valence-electron chi connectivity index (χ2n) is 4.85. The highest BCUT2D eigenvalue weighted by Gasteiger charge is 2.45. The summed E-state index contributed by atoms with van der Waals surface area (Å²) in [6, 6.07) is 1.58. The van der Waals surface area contributed by atoms with Gasteiger partial charge in [-0.1, -0.05) is 0 Å². The van der Waals surface area contributed by atoms with Crippen molar-refractivity contribution in [1.29, 1.82) is 0 Å². The van der Waals surface area contributed by atoms with E-state index in [1.54, 1.807) is 16.8 Å². The maximum atomic E-state index is 11.8. The normalized spacial score (nSPS) is 29.3. The largest absolute Gasteiger partial charge is 0.394 e. The van der Waals surface area contributed by atoms with E-state index in [9.17, 15) is 15.0 Å². The fourth-order valence-electron chi connectivity index (χ4n) is 2.61. The van der Waals surface area contributed by atoms with Crippen LogP contribution >= 0.6 is 0 Å². The number of fused-ring (bicyclic) bond motifs is 1. The number of nitrogens with zero attached hydrogens (tertiary/aromatic N) is 2. The zero-order chi connectivity index (χ0) is 15.1. The Morgan fingerprint density at radius 2 is 2.38 bits per heavy atom. The lowest BCUT2D eigenvalue weighted by Gasteiger charge is -2.20. The van der Waals surface area contributed by atoms with Crippen LogP contribution in [-0.2, 0) is 9.47 Å². The molecule has 114 valence electrons. The standard InChI is InChI=1S/C12H16N4O5/c1-20-8-7(18)6(4-17)21-11(8)16-3-2-5-9(16)14-12(13)15-10(5)19/h2-3,6-8,11,17-18H,4H2,1H3,(H3,13,14,15,19)/t6-,7?,8+,11-/m1/s1. The maximum Gasteiger partial charge on any atom is 0.261 e. The zero-order valence-corrected chi connectivity index (χ0v) is 11.3. The van der Waals surface area contributed by atoms with Crippen LogP contribution in [0.4, 0.5) is 5.95 Å². The van der Waals surface area contributed by atoms with Gasteiger partial charge >= 0.3 is 0 Å². The molecule has 1 unspecified atom stereocenters. The lowest BCUT2D eigenvalue weighted by Crippen LogP contribution is -2.34. The summed E-state index contributed by atoms with van der Waals surface area (Å²) in [7, 11) is 1.43. The molecular formula is C12H16N4O5. The quantitative estimate of drug-likeness (QED) is 0.545. The number of nitrogen functional groups attached to an aromatic ring is 1. The first kappa shape index (κ1) is 14.0. The van der Waals surface area contributed by atoms with Crippen LogP contribution in [0, 0.1) is 0 Å². The molecule has 1 saturated heterocycles. The van der Waals surface area contributed by atoms with Crippen molar-refractivity contribution in [1.82, 2.24) is 14.5 Å². The highest BCUT2D eigenvalue weighted by Crippen LogP contribution is 2.33. The smallest absolute Gasteiger partial charge is 0.261 e. The highest BCUT2D eigenvalue weighted by molar-refractivity contribution is 5.76. The minimum absolute atomic E-state index is 0.0151. The summed E-state index contributed by atoms with van der Waals surface area (Å²) in [6.07, 6.45) is -1.55. The van der Waals surface area contributed by atoms with Gasteiger partial charge in [0.05, 0.1) is 12.0 Å². The van der Waals surface area contributed by atoms with Gasteiger partial charge in [-0.15, -0.1) is 0 Å². The van der Waals surface area contributed by atoms with Crippen molar-refractivity contribution in [3.05, 3.63) is 22.6 Å². The Bertz CT molecular complexity index is 711. The van der Waals surface area contributed by atoms with Gasteiger partial charge in [0.2, 0.25) is 5.95 Å². The fraction of sp³-hybridized carbons (Fsp3) is 0.500. The summed E-state index contributed by atoms with van der Waals surface area (Å²) in [4.78, 5) is 18.3. The second-order valence-corrected chi connectivity index (χ2v) is 4.85. The van der Waals surface area contributed by atoms with E-state index in [4.69, 9.17) is 15.2 Å². The van der Waals surface area contributed by atoms with Crippen LogP contribution in [0.2, 0.25) is 0 Å². The van der Waals surface area contributed by atoms with Gasteiger partial charge in [0.1, 0.15) is 18.3 Å². The summed E-state index contributed by atoms with van der Waals surface area (Å²) < 4.78 is 12.4. The lowest BCUT2D eigenvalue weighted by molar-refractivity contribution is -0.0580. The van der Waals surface area contributed by atoms with Crippen molar-refractivity contribution < 1.29 is 19.7 Å². The molecule has 2 aromatic rings. The number of aromatic amines is 1. The van der Waals surface area contributed by atoms with Gasteiger partial charge in [-0.2, -0.15) is 4.98 Å². The molecule has 0 aromatic carbocycles. The highest BCUT2D eigenvalue weighted by atomic mass is 16.6. The number of rotatable bonds is 3. The molecule has 3 heterocycles. The van der Waals surface area contributed by atoms with Crippen LogP contribution in [0.1, 0.15) is 6.23 Å². The molecule has 3 rings (SSSR count). The third kappa shape index (κ3) is 2.10. The summed E-state index contributed by atoms with van der Waals surface area (Å²) in [6.45, 7) is -0.340. The Balaban J connectivity index is 2.10. The number of nitrogens with one attached hydrogen (secondary N) is 1. The molecule has 2 aromatic heterocycles. The predicted molar refractivity (Wildman–Crippen MR) is 72.6 cm³/mol. The Morgan fingerprint density at radius 1 is 1.62 bits per heavy atom. The first-order valence-corrected chi connectivity index (χ1v) is 6.40. The third-order valence-corrected chi connectivity index (χ3v) is 3.64. The maximum absolute atomic E-state index is 11.8. The third-order valence-electron chi connectivity index (χ3n) is 3.64. The van der Waals surface area contributed by atoms with Gasteiger partial charge in [0, 0.05) is 13.3 Å². The summed E-state index contributed by atoms with van der Waals surface area (Å²) in [5.41, 5.74) is 5.53. The molecular weight excluding hydrogens is 280 g/mol. The zero-order valence-electron chi connectivity index (χ0n) is 11.3. The molecule has 0 aliphatic carbocycles. The van der Waals surface area contributed by atoms with Crippen LogP contribution in [0.25, 0.3) is 11.0 Å². The molecule has 4 atom stereocenters. The average molecular weight is 296 g/mol. The lowest BCUT2D eigenvalue weighted by atomic mass is 10.1. The van der Waals surface area contributed by atoms with Crippen molar-refractivity contribution in [3.8, 4) is 0 Å².